The lowest BCUT2D eigenvalue weighted by Crippen LogP contribution is -2.30. The van der Waals surface area contributed by atoms with Crippen molar-refractivity contribution in [2.75, 3.05) is 6.54 Å². The molecular weight excluding hydrogens is 276 g/mol. The fourth-order valence-electron chi connectivity index (χ4n) is 2.13. The molecule has 4 N–H and O–H groups in total. The number of rotatable bonds is 9. The molecule has 0 saturated heterocycles. The summed E-state index contributed by atoms with van der Waals surface area (Å²) >= 11 is 0. The van der Waals surface area contributed by atoms with E-state index in [-0.39, 0.29) is 11.6 Å². The normalized spacial score (nSPS) is 13.6. The molecule has 0 aliphatic rings. The average Bonchev–Trinajstić information content (AvgIpc) is 2.80. The minimum absolute atomic E-state index is 0.0304. The first-order chi connectivity index (χ1) is 9.46. The van der Waals surface area contributed by atoms with E-state index in [2.05, 4.69) is 28.8 Å². The van der Waals surface area contributed by atoms with Gasteiger partial charge in [-0.25, -0.2) is 13.1 Å². The SMILES string of the molecule is CCCCC(CC)CNS(=O)(=O)c1n[nH]c(C)c1CN. The van der Waals surface area contributed by atoms with Crippen molar-refractivity contribution < 1.29 is 8.42 Å². The van der Waals surface area contributed by atoms with E-state index in [1.54, 1.807) is 6.92 Å². The largest absolute Gasteiger partial charge is 0.326 e. The van der Waals surface area contributed by atoms with Gasteiger partial charge in [-0.2, -0.15) is 5.10 Å². The first-order valence-corrected chi connectivity index (χ1v) is 8.68. The highest BCUT2D eigenvalue weighted by molar-refractivity contribution is 7.89. The van der Waals surface area contributed by atoms with Crippen molar-refractivity contribution in [3.8, 4) is 0 Å². The third-order valence-electron chi connectivity index (χ3n) is 3.60. The van der Waals surface area contributed by atoms with E-state index in [4.69, 9.17) is 5.73 Å². The number of hydrogen-bond donors (Lipinski definition) is 3. The molecule has 0 spiro atoms. The average molecular weight is 302 g/mol. The summed E-state index contributed by atoms with van der Waals surface area (Å²) in [5.74, 6) is 0.367. The zero-order valence-corrected chi connectivity index (χ0v) is 13.4. The summed E-state index contributed by atoms with van der Waals surface area (Å²) in [7, 11) is -3.58. The molecular formula is C13H26N4O2S. The maximum Gasteiger partial charge on any atom is 0.260 e. The topological polar surface area (TPSA) is 101 Å². The molecule has 0 fully saturated rings. The molecule has 0 aliphatic heterocycles. The highest BCUT2D eigenvalue weighted by Gasteiger charge is 2.23. The molecule has 1 heterocycles. The second-order valence-electron chi connectivity index (χ2n) is 5.10. The van der Waals surface area contributed by atoms with Crippen LogP contribution in [0.15, 0.2) is 5.03 Å². The van der Waals surface area contributed by atoms with Gasteiger partial charge in [-0.1, -0.05) is 33.1 Å². The van der Waals surface area contributed by atoms with Gasteiger partial charge in [0.25, 0.3) is 10.0 Å². The van der Waals surface area contributed by atoms with Crippen LogP contribution in [0, 0.1) is 12.8 Å². The van der Waals surface area contributed by atoms with Crippen molar-refractivity contribution >= 4 is 10.0 Å². The van der Waals surface area contributed by atoms with E-state index in [1.807, 2.05) is 0 Å². The number of aryl methyl sites for hydroxylation is 1. The number of aromatic nitrogens is 2. The van der Waals surface area contributed by atoms with Crippen molar-refractivity contribution in [3.05, 3.63) is 11.3 Å². The van der Waals surface area contributed by atoms with Crippen LogP contribution in [0.25, 0.3) is 0 Å². The first kappa shape index (κ1) is 17.1. The van der Waals surface area contributed by atoms with Gasteiger partial charge in [0.1, 0.15) is 0 Å². The van der Waals surface area contributed by atoms with E-state index in [0.717, 1.165) is 25.7 Å². The van der Waals surface area contributed by atoms with Crippen LogP contribution in [0.4, 0.5) is 0 Å². The molecule has 6 nitrogen and oxygen atoms in total. The van der Waals surface area contributed by atoms with Gasteiger partial charge < -0.3 is 5.73 Å². The van der Waals surface area contributed by atoms with Crippen molar-refractivity contribution in [1.29, 1.82) is 0 Å². The molecule has 0 saturated carbocycles. The van der Waals surface area contributed by atoms with Gasteiger partial charge >= 0.3 is 0 Å². The number of aromatic amines is 1. The Balaban J connectivity index is 2.74. The van der Waals surface area contributed by atoms with E-state index in [9.17, 15) is 8.42 Å². The van der Waals surface area contributed by atoms with Gasteiger partial charge in [0.15, 0.2) is 5.03 Å². The Morgan fingerprint density at radius 1 is 1.40 bits per heavy atom. The number of nitrogens with zero attached hydrogens (tertiary/aromatic N) is 1. The molecule has 20 heavy (non-hydrogen) atoms. The van der Waals surface area contributed by atoms with Gasteiger partial charge in [0.2, 0.25) is 0 Å². The lowest BCUT2D eigenvalue weighted by atomic mass is 10.00. The van der Waals surface area contributed by atoms with E-state index >= 15 is 0 Å². The molecule has 0 aromatic carbocycles. The quantitative estimate of drug-likeness (QED) is 0.646. The number of H-pyrrole nitrogens is 1. The molecule has 0 aliphatic carbocycles. The summed E-state index contributed by atoms with van der Waals surface area (Å²) in [4.78, 5) is 0. The number of hydrogen-bond acceptors (Lipinski definition) is 4. The Morgan fingerprint density at radius 3 is 2.65 bits per heavy atom. The number of sulfonamides is 1. The van der Waals surface area contributed by atoms with Crippen LogP contribution in [-0.4, -0.2) is 25.2 Å². The smallest absolute Gasteiger partial charge is 0.260 e. The zero-order valence-electron chi connectivity index (χ0n) is 12.6. The van der Waals surface area contributed by atoms with E-state index in [0.29, 0.717) is 23.7 Å². The lowest BCUT2D eigenvalue weighted by molar-refractivity contribution is 0.443. The zero-order chi connectivity index (χ0) is 15.2. The number of nitrogens with one attached hydrogen (secondary N) is 2. The van der Waals surface area contributed by atoms with Crippen molar-refractivity contribution in [3.63, 3.8) is 0 Å². The van der Waals surface area contributed by atoms with E-state index < -0.39 is 10.0 Å². The second-order valence-corrected chi connectivity index (χ2v) is 6.79. The highest BCUT2D eigenvalue weighted by Crippen LogP contribution is 2.17. The van der Waals surface area contributed by atoms with Crippen molar-refractivity contribution in [2.45, 2.75) is 58.0 Å². The summed E-state index contributed by atoms with van der Waals surface area (Å²) in [6.07, 6.45) is 4.25. The third kappa shape index (κ3) is 4.29. The first-order valence-electron chi connectivity index (χ1n) is 7.19. The Labute approximate surface area is 121 Å². The molecule has 1 aromatic heterocycles. The van der Waals surface area contributed by atoms with Crippen LogP contribution in [0.3, 0.4) is 0 Å². The minimum Gasteiger partial charge on any atom is -0.326 e. The molecule has 1 unspecified atom stereocenters. The third-order valence-corrected chi connectivity index (χ3v) is 4.99. The molecule has 0 bridgehead atoms. The number of unbranched alkanes of at least 4 members (excludes halogenated alkanes) is 1. The molecule has 7 heteroatoms. The monoisotopic (exact) mass is 302 g/mol. The Hall–Kier alpha value is -0.920. The summed E-state index contributed by atoms with van der Waals surface area (Å²) < 4.78 is 27.2. The Morgan fingerprint density at radius 2 is 2.10 bits per heavy atom. The van der Waals surface area contributed by atoms with Gasteiger partial charge in [0.05, 0.1) is 0 Å². The molecule has 1 aromatic rings. The highest BCUT2D eigenvalue weighted by atomic mass is 32.2. The summed E-state index contributed by atoms with van der Waals surface area (Å²) in [6, 6.07) is 0. The summed E-state index contributed by atoms with van der Waals surface area (Å²) in [5.41, 5.74) is 6.84. The predicted molar refractivity (Wildman–Crippen MR) is 79.7 cm³/mol. The molecule has 1 rings (SSSR count). The Kier molecular flexibility index (Phi) is 6.64. The van der Waals surface area contributed by atoms with Gasteiger partial charge in [0, 0.05) is 24.3 Å². The molecule has 0 radical (unpaired) electrons. The maximum atomic E-state index is 12.3. The van der Waals surface area contributed by atoms with Crippen LogP contribution in [-0.2, 0) is 16.6 Å². The Bertz CT molecular complexity index is 510. The maximum absolute atomic E-state index is 12.3. The van der Waals surface area contributed by atoms with Crippen molar-refractivity contribution in [2.24, 2.45) is 11.7 Å². The van der Waals surface area contributed by atoms with Crippen molar-refractivity contribution in [1.82, 2.24) is 14.9 Å². The molecule has 0 amide bonds. The lowest BCUT2D eigenvalue weighted by Gasteiger charge is -2.15. The van der Waals surface area contributed by atoms with Crippen LogP contribution < -0.4 is 10.5 Å². The van der Waals surface area contributed by atoms with Crippen LogP contribution in [0.5, 0.6) is 0 Å². The van der Waals surface area contributed by atoms with Gasteiger partial charge in [-0.15, -0.1) is 0 Å². The summed E-state index contributed by atoms with van der Waals surface area (Å²) in [5, 5.41) is 6.58. The summed E-state index contributed by atoms with van der Waals surface area (Å²) in [6.45, 7) is 6.60. The fraction of sp³-hybridized carbons (Fsp3) is 0.769. The second kappa shape index (κ2) is 7.75. The standard InChI is InChI=1S/C13H26N4O2S/c1-4-6-7-11(5-2)9-15-20(18,19)13-12(8-14)10(3)16-17-13/h11,15H,4-9,14H2,1-3H3,(H,16,17). The van der Waals surface area contributed by atoms with Gasteiger partial charge in [-0.05, 0) is 19.3 Å². The van der Waals surface area contributed by atoms with Crippen LogP contribution >= 0.6 is 0 Å². The van der Waals surface area contributed by atoms with E-state index in [1.165, 1.54) is 0 Å². The van der Waals surface area contributed by atoms with Crippen LogP contribution in [0.2, 0.25) is 0 Å². The number of nitrogens with two attached hydrogens (primary N) is 1. The molecule has 1 atom stereocenters. The minimum atomic E-state index is -3.58. The molecule has 116 valence electrons. The predicted octanol–water partition coefficient (Wildman–Crippen LogP) is 1.67. The van der Waals surface area contributed by atoms with Crippen LogP contribution in [0.1, 0.15) is 50.8 Å². The fourth-order valence-corrected chi connectivity index (χ4v) is 3.45. The van der Waals surface area contributed by atoms with Gasteiger partial charge in [-0.3, -0.25) is 5.10 Å².